The Morgan fingerprint density at radius 2 is 2.07 bits per heavy atom. The number of nitrogens with zero attached hydrogens (tertiary/aromatic N) is 3. The molecule has 146 valence electrons. The summed E-state index contributed by atoms with van der Waals surface area (Å²) in [6.07, 6.45) is 4.14. The van der Waals surface area contributed by atoms with E-state index in [2.05, 4.69) is 54.9 Å². The van der Waals surface area contributed by atoms with Crippen LogP contribution in [0.4, 0.5) is 5.69 Å². The minimum atomic E-state index is -0.157. The van der Waals surface area contributed by atoms with E-state index >= 15 is 0 Å². The van der Waals surface area contributed by atoms with Gasteiger partial charge in [0.25, 0.3) is 0 Å². The number of allylic oxidation sites excluding steroid dienone is 2. The number of thiazole rings is 1. The van der Waals surface area contributed by atoms with Crippen molar-refractivity contribution in [3.63, 3.8) is 0 Å². The average Bonchev–Trinajstić information content (AvgIpc) is 3.13. The molecule has 0 amide bonds. The predicted octanol–water partition coefficient (Wildman–Crippen LogP) is 5.35. The molecule has 1 aliphatic heterocycles. The van der Waals surface area contributed by atoms with Gasteiger partial charge in [-0.1, -0.05) is 24.3 Å². The van der Waals surface area contributed by atoms with E-state index in [0.29, 0.717) is 12.1 Å². The molecule has 1 N–H and O–H groups in total. The van der Waals surface area contributed by atoms with Gasteiger partial charge in [0, 0.05) is 17.8 Å². The van der Waals surface area contributed by atoms with Crippen molar-refractivity contribution in [3.05, 3.63) is 64.7 Å². The van der Waals surface area contributed by atoms with Crippen molar-refractivity contribution in [2.45, 2.75) is 26.3 Å². The molecule has 5 heteroatoms. The Hall–Kier alpha value is -2.94. The van der Waals surface area contributed by atoms with Crippen molar-refractivity contribution in [3.8, 4) is 6.07 Å². The number of aromatic nitrogens is 1. The van der Waals surface area contributed by atoms with E-state index in [4.69, 9.17) is 0 Å². The Kier molecular flexibility index (Phi) is 4.99. The van der Waals surface area contributed by atoms with E-state index in [0.717, 1.165) is 32.0 Å². The van der Waals surface area contributed by atoms with Crippen LogP contribution in [0.3, 0.4) is 0 Å². The highest BCUT2D eigenvalue weighted by Crippen LogP contribution is 2.39. The molecule has 0 spiro atoms. The molecule has 29 heavy (non-hydrogen) atoms. The molecule has 1 aromatic heterocycles. The molecular weight excluding hydrogens is 378 g/mol. The van der Waals surface area contributed by atoms with Gasteiger partial charge in [0.2, 0.25) is 0 Å². The van der Waals surface area contributed by atoms with E-state index in [1.807, 2.05) is 36.4 Å². The molecular formula is C24H23N3OS. The summed E-state index contributed by atoms with van der Waals surface area (Å²) in [5.74, 6) is 0. The number of para-hydroxylation sites is 1. The largest absolute Gasteiger partial charge is 0.395 e. The summed E-state index contributed by atoms with van der Waals surface area (Å²) in [6.45, 7) is 7.11. The number of fused-ring (bicyclic) bond motifs is 2. The maximum atomic E-state index is 9.74. The van der Waals surface area contributed by atoms with Gasteiger partial charge in [-0.25, -0.2) is 4.98 Å². The van der Waals surface area contributed by atoms with Crippen molar-refractivity contribution in [2.75, 3.05) is 18.1 Å². The molecule has 0 fully saturated rings. The van der Waals surface area contributed by atoms with Crippen LogP contribution >= 0.6 is 11.3 Å². The second-order valence-corrected chi connectivity index (χ2v) is 8.82. The Balaban J connectivity index is 1.76. The van der Waals surface area contributed by atoms with E-state index in [-0.39, 0.29) is 12.1 Å². The molecule has 1 aliphatic rings. The Morgan fingerprint density at radius 1 is 1.28 bits per heavy atom. The van der Waals surface area contributed by atoms with Gasteiger partial charge in [-0.3, -0.25) is 0 Å². The minimum absolute atomic E-state index is 0.105. The first-order chi connectivity index (χ1) is 13.9. The van der Waals surface area contributed by atoms with E-state index in [9.17, 15) is 10.4 Å². The highest BCUT2D eigenvalue weighted by atomic mass is 32.1. The lowest BCUT2D eigenvalue weighted by Gasteiger charge is -2.43. The molecule has 0 saturated heterocycles. The zero-order chi connectivity index (χ0) is 20.6. The van der Waals surface area contributed by atoms with Crippen LogP contribution in [0.2, 0.25) is 0 Å². The van der Waals surface area contributed by atoms with Crippen LogP contribution in [0.25, 0.3) is 27.4 Å². The molecule has 0 bridgehead atoms. The lowest BCUT2D eigenvalue weighted by atomic mass is 9.88. The number of benzene rings is 2. The first-order valence-electron chi connectivity index (χ1n) is 9.63. The molecule has 2 aromatic carbocycles. The van der Waals surface area contributed by atoms with Crippen LogP contribution < -0.4 is 4.90 Å². The van der Waals surface area contributed by atoms with Crippen LogP contribution in [0.5, 0.6) is 0 Å². The lowest BCUT2D eigenvalue weighted by molar-refractivity contribution is 0.293. The van der Waals surface area contributed by atoms with Gasteiger partial charge in [0.1, 0.15) is 11.1 Å². The fraction of sp³-hybridized carbons (Fsp3) is 0.250. The van der Waals surface area contributed by atoms with Crippen LogP contribution in [0, 0.1) is 11.3 Å². The van der Waals surface area contributed by atoms with E-state index in [1.165, 1.54) is 16.9 Å². The molecule has 0 atom stereocenters. The number of β-amino-alcohol motifs (C(OH)–C–C–N with tert-alkyl or cyclic N) is 1. The highest BCUT2D eigenvalue weighted by molar-refractivity contribution is 7.19. The van der Waals surface area contributed by atoms with Crippen LogP contribution in [0.15, 0.2) is 48.5 Å². The third kappa shape index (κ3) is 3.57. The number of hydrogen-bond acceptors (Lipinski definition) is 5. The average molecular weight is 402 g/mol. The minimum Gasteiger partial charge on any atom is -0.395 e. The highest BCUT2D eigenvalue weighted by Gasteiger charge is 2.30. The van der Waals surface area contributed by atoms with Crippen molar-refractivity contribution in [2.24, 2.45) is 0 Å². The molecule has 0 unspecified atom stereocenters. The van der Waals surface area contributed by atoms with Crippen molar-refractivity contribution in [1.29, 1.82) is 5.26 Å². The zero-order valence-corrected chi connectivity index (χ0v) is 17.6. The SMILES string of the molecule is CC1=CC(C)(C)N(CCO)c2ccc(/C=C(\C#N)c3nc4ccccc4s3)cc21. The summed E-state index contributed by atoms with van der Waals surface area (Å²) in [7, 11) is 0. The van der Waals surface area contributed by atoms with Gasteiger partial charge in [-0.2, -0.15) is 5.26 Å². The number of hydrogen-bond donors (Lipinski definition) is 1. The fourth-order valence-electron chi connectivity index (χ4n) is 4.00. The smallest absolute Gasteiger partial charge is 0.135 e. The van der Waals surface area contributed by atoms with Gasteiger partial charge in [-0.05, 0) is 62.2 Å². The summed E-state index contributed by atoms with van der Waals surface area (Å²) in [6, 6.07) is 16.5. The molecule has 0 aliphatic carbocycles. The van der Waals surface area contributed by atoms with Gasteiger partial charge < -0.3 is 10.0 Å². The topological polar surface area (TPSA) is 60.1 Å². The first kappa shape index (κ1) is 19.4. The summed E-state index contributed by atoms with van der Waals surface area (Å²) < 4.78 is 1.08. The van der Waals surface area contributed by atoms with Gasteiger partial charge in [0.15, 0.2) is 0 Å². The first-order valence-corrected chi connectivity index (χ1v) is 10.4. The van der Waals surface area contributed by atoms with Gasteiger partial charge >= 0.3 is 0 Å². The van der Waals surface area contributed by atoms with Gasteiger partial charge in [-0.15, -0.1) is 11.3 Å². The summed E-state index contributed by atoms with van der Waals surface area (Å²) in [5.41, 5.74) is 5.74. The Labute approximate surface area is 175 Å². The summed E-state index contributed by atoms with van der Waals surface area (Å²) >= 11 is 1.54. The molecule has 0 saturated carbocycles. The molecule has 4 nitrogen and oxygen atoms in total. The number of rotatable bonds is 4. The fourth-order valence-corrected chi connectivity index (χ4v) is 4.93. The third-order valence-electron chi connectivity index (χ3n) is 5.28. The monoisotopic (exact) mass is 401 g/mol. The second kappa shape index (κ2) is 7.47. The summed E-state index contributed by atoms with van der Waals surface area (Å²) in [4.78, 5) is 6.84. The number of nitriles is 1. The number of aliphatic hydroxyl groups is 1. The third-order valence-corrected chi connectivity index (χ3v) is 6.35. The Morgan fingerprint density at radius 3 is 2.79 bits per heavy atom. The van der Waals surface area contributed by atoms with E-state index < -0.39 is 0 Å². The van der Waals surface area contributed by atoms with Crippen molar-refractivity contribution >= 4 is 44.5 Å². The molecule has 2 heterocycles. The predicted molar refractivity (Wildman–Crippen MR) is 122 cm³/mol. The normalized spacial score (nSPS) is 15.8. The van der Waals surface area contributed by atoms with Crippen molar-refractivity contribution < 1.29 is 5.11 Å². The van der Waals surface area contributed by atoms with Gasteiger partial charge in [0.05, 0.1) is 27.9 Å². The maximum Gasteiger partial charge on any atom is 0.135 e. The van der Waals surface area contributed by atoms with Crippen LogP contribution in [0.1, 0.15) is 36.9 Å². The number of aliphatic hydroxyl groups excluding tert-OH is 1. The molecule has 3 aromatic rings. The maximum absolute atomic E-state index is 9.74. The summed E-state index contributed by atoms with van der Waals surface area (Å²) in [5, 5.41) is 20.0. The van der Waals surface area contributed by atoms with Crippen LogP contribution in [-0.4, -0.2) is 28.8 Å². The quantitative estimate of drug-likeness (QED) is 0.598. The van der Waals surface area contributed by atoms with Crippen molar-refractivity contribution in [1.82, 2.24) is 4.98 Å². The van der Waals surface area contributed by atoms with Crippen LogP contribution in [-0.2, 0) is 0 Å². The standard InChI is InChI=1S/C24H23N3OS/c1-16-14-24(2,3)27(10-11-28)21-9-8-17(13-19(16)21)12-18(15-25)23-26-20-6-4-5-7-22(20)29-23/h4-9,12-14,28H,10-11H2,1-3H3/b18-12+. The second-order valence-electron chi connectivity index (χ2n) is 7.79. The lowest BCUT2D eigenvalue weighted by Crippen LogP contribution is -2.46. The zero-order valence-electron chi connectivity index (χ0n) is 16.8. The molecule has 0 radical (unpaired) electrons. The molecule has 4 rings (SSSR count). The number of anilines is 1. The van der Waals surface area contributed by atoms with E-state index in [1.54, 1.807) is 0 Å². The Bertz CT molecular complexity index is 1150.